The zero-order valence-electron chi connectivity index (χ0n) is 14.6. The number of aryl methyl sites for hydroxylation is 2. The lowest BCUT2D eigenvalue weighted by Crippen LogP contribution is -2.11. The minimum Gasteiger partial charge on any atom is -0.262 e. The van der Waals surface area contributed by atoms with Crippen LogP contribution >= 0.6 is 0 Å². The van der Waals surface area contributed by atoms with Crippen LogP contribution < -0.4 is 0 Å². The van der Waals surface area contributed by atoms with Crippen LogP contribution in [0.3, 0.4) is 0 Å². The van der Waals surface area contributed by atoms with Crippen molar-refractivity contribution in [3.8, 4) is 11.1 Å². The maximum Gasteiger partial charge on any atom is 0.297 e. The van der Waals surface area contributed by atoms with Crippen molar-refractivity contribution >= 4 is 10.1 Å². The lowest BCUT2D eigenvalue weighted by atomic mass is 9.83. The van der Waals surface area contributed by atoms with Crippen LogP contribution in [0, 0.1) is 6.92 Å². The molecule has 4 rings (SSSR count). The Bertz CT molecular complexity index is 1050. The zero-order valence-corrected chi connectivity index (χ0v) is 15.4. The molecular formula is C22H20O3S. The smallest absolute Gasteiger partial charge is 0.262 e. The van der Waals surface area contributed by atoms with Gasteiger partial charge in [-0.3, -0.25) is 4.18 Å². The Morgan fingerprint density at radius 2 is 1.58 bits per heavy atom. The summed E-state index contributed by atoms with van der Waals surface area (Å²) in [5.74, 6) is 0. The van der Waals surface area contributed by atoms with Crippen LogP contribution in [0.1, 0.15) is 22.3 Å². The molecule has 26 heavy (non-hydrogen) atoms. The van der Waals surface area contributed by atoms with Gasteiger partial charge in [0.15, 0.2) is 0 Å². The second-order valence-electron chi connectivity index (χ2n) is 6.63. The quantitative estimate of drug-likeness (QED) is 0.632. The monoisotopic (exact) mass is 364 g/mol. The maximum absolute atomic E-state index is 12.5. The summed E-state index contributed by atoms with van der Waals surface area (Å²) in [6.45, 7) is 1.98. The maximum atomic E-state index is 12.5. The fourth-order valence-corrected chi connectivity index (χ4v) is 4.38. The average Bonchev–Trinajstić information content (AvgIpc) is 2.66. The number of hydrogen-bond acceptors (Lipinski definition) is 3. The van der Waals surface area contributed by atoms with E-state index in [0.29, 0.717) is 0 Å². The largest absolute Gasteiger partial charge is 0.297 e. The molecule has 0 unspecified atom stereocenters. The third-order valence-electron chi connectivity index (χ3n) is 4.90. The number of fused-ring (bicyclic) bond motifs is 3. The van der Waals surface area contributed by atoms with E-state index in [1.165, 1.54) is 22.3 Å². The number of benzene rings is 3. The highest BCUT2D eigenvalue weighted by molar-refractivity contribution is 7.86. The molecule has 0 aliphatic heterocycles. The molecule has 3 aromatic carbocycles. The molecule has 1 aliphatic carbocycles. The third-order valence-corrected chi connectivity index (χ3v) is 6.18. The van der Waals surface area contributed by atoms with Crippen molar-refractivity contribution in [2.45, 2.75) is 31.3 Å². The first-order valence-corrected chi connectivity index (χ1v) is 10.1. The minimum absolute atomic E-state index is 0.0571. The van der Waals surface area contributed by atoms with E-state index in [-0.39, 0.29) is 11.5 Å². The summed E-state index contributed by atoms with van der Waals surface area (Å²) in [5.41, 5.74) is 6.89. The second kappa shape index (κ2) is 6.71. The Morgan fingerprint density at radius 3 is 2.38 bits per heavy atom. The fraction of sp³-hybridized carbons (Fsp3) is 0.182. The Balaban J connectivity index is 1.62. The third kappa shape index (κ3) is 3.18. The van der Waals surface area contributed by atoms with Crippen molar-refractivity contribution in [3.05, 3.63) is 89.0 Å². The Morgan fingerprint density at radius 1 is 0.846 bits per heavy atom. The summed E-state index contributed by atoms with van der Waals surface area (Å²) in [6.07, 6.45) is 1.86. The highest BCUT2D eigenvalue weighted by Crippen LogP contribution is 2.35. The molecule has 0 aromatic heterocycles. The molecule has 3 nitrogen and oxygen atoms in total. The van der Waals surface area contributed by atoms with Crippen molar-refractivity contribution in [2.24, 2.45) is 0 Å². The predicted molar refractivity (Wildman–Crippen MR) is 102 cm³/mol. The van der Waals surface area contributed by atoms with Gasteiger partial charge in [0, 0.05) is 0 Å². The van der Waals surface area contributed by atoms with Gasteiger partial charge in [-0.05, 0) is 59.7 Å². The van der Waals surface area contributed by atoms with Crippen molar-refractivity contribution in [1.29, 1.82) is 0 Å². The average molecular weight is 364 g/mol. The Hall–Kier alpha value is -2.43. The molecule has 0 radical (unpaired) electrons. The molecule has 0 atom stereocenters. The van der Waals surface area contributed by atoms with E-state index in [4.69, 9.17) is 4.18 Å². The van der Waals surface area contributed by atoms with Gasteiger partial charge in [0.05, 0.1) is 11.5 Å². The van der Waals surface area contributed by atoms with Gasteiger partial charge in [-0.25, -0.2) is 0 Å². The van der Waals surface area contributed by atoms with Crippen LogP contribution in [0.4, 0.5) is 0 Å². The summed E-state index contributed by atoms with van der Waals surface area (Å²) in [4.78, 5) is 0.193. The summed E-state index contributed by atoms with van der Waals surface area (Å²) < 4.78 is 30.3. The Labute approximate surface area is 154 Å². The first kappa shape index (κ1) is 17.0. The molecule has 0 saturated carbocycles. The number of hydrogen-bond donors (Lipinski definition) is 0. The highest BCUT2D eigenvalue weighted by atomic mass is 32.2. The van der Waals surface area contributed by atoms with Gasteiger partial charge >= 0.3 is 0 Å². The molecule has 3 aromatic rings. The van der Waals surface area contributed by atoms with E-state index in [1.54, 1.807) is 24.3 Å². The molecule has 0 heterocycles. The highest BCUT2D eigenvalue weighted by Gasteiger charge is 2.20. The summed E-state index contributed by atoms with van der Waals surface area (Å²) in [7, 11) is -3.76. The molecule has 0 saturated heterocycles. The van der Waals surface area contributed by atoms with Crippen LogP contribution in [0.15, 0.2) is 71.6 Å². The lowest BCUT2D eigenvalue weighted by Gasteiger charge is -2.22. The SMILES string of the molecule is Cc1ccc(S(=O)(=O)OCc2cccc3c2CCc2ccccc2-3)cc1. The van der Waals surface area contributed by atoms with E-state index < -0.39 is 10.1 Å². The van der Waals surface area contributed by atoms with Crippen LogP contribution in [-0.2, 0) is 33.7 Å². The summed E-state index contributed by atoms with van der Waals surface area (Å²) in [6, 6.07) is 21.1. The van der Waals surface area contributed by atoms with Crippen molar-refractivity contribution < 1.29 is 12.6 Å². The molecule has 0 spiro atoms. The standard InChI is InChI=1S/C22H20O3S/c1-16-9-12-19(13-10-16)26(23,24)25-15-18-6-4-8-22-20-7-3-2-5-17(20)11-14-21(18)22/h2-10,12-13H,11,14-15H2,1H3. The van der Waals surface area contributed by atoms with Gasteiger partial charge in [-0.15, -0.1) is 0 Å². The van der Waals surface area contributed by atoms with Gasteiger partial charge in [0.25, 0.3) is 10.1 Å². The van der Waals surface area contributed by atoms with E-state index >= 15 is 0 Å². The lowest BCUT2D eigenvalue weighted by molar-refractivity contribution is 0.307. The van der Waals surface area contributed by atoms with E-state index in [2.05, 4.69) is 24.3 Å². The number of rotatable bonds is 4. The van der Waals surface area contributed by atoms with Gasteiger partial charge < -0.3 is 0 Å². The summed E-state index contributed by atoms with van der Waals surface area (Å²) in [5, 5.41) is 0. The molecular weight excluding hydrogens is 344 g/mol. The summed E-state index contributed by atoms with van der Waals surface area (Å²) >= 11 is 0. The fourth-order valence-electron chi connectivity index (χ4n) is 3.49. The van der Waals surface area contributed by atoms with Crippen LogP contribution in [0.25, 0.3) is 11.1 Å². The van der Waals surface area contributed by atoms with Gasteiger partial charge in [0.2, 0.25) is 0 Å². The topological polar surface area (TPSA) is 43.4 Å². The van der Waals surface area contributed by atoms with Gasteiger partial charge in [0.1, 0.15) is 0 Å². The van der Waals surface area contributed by atoms with E-state index in [1.807, 2.05) is 25.1 Å². The van der Waals surface area contributed by atoms with E-state index in [9.17, 15) is 8.42 Å². The van der Waals surface area contributed by atoms with Crippen LogP contribution in [0.5, 0.6) is 0 Å². The first-order valence-electron chi connectivity index (χ1n) is 8.70. The minimum atomic E-state index is -3.76. The molecule has 1 aliphatic rings. The van der Waals surface area contributed by atoms with Crippen LogP contribution in [-0.4, -0.2) is 8.42 Å². The van der Waals surface area contributed by atoms with Crippen molar-refractivity contribution in [2.75, 3.05) is 0 Å². The van der Waals surface area contributed by atoms with Crippen LogP contribution in [0.2, 0.25) is 0 Å². The van der Waals surface area contributed by atoms with Crippen molar-refractivity contribution in [3.63, 3.8) is 0 Å². The normalized spacial score (nSPS) is 13.1. The molecule has 0 amide bonds. The first-order chi connectivity index (χ1) is 12.5. The second-order valence-corrected chi connectivity index (χ2v) is 8.25. The molecule has 0 bridgehead atoms. The molecule has 132 valence electrons. The zero-order chi connectivity index (χ0) is 18.1. The van der Waals surface area contributed by atoms with E-state index in [0.717, 1.165) is 24.0 Å². The Kier molecular flexibility index (Phi) is 4.39. The molecule has 0 fully saturated rings. The molecule has 0 N–H and O–H groups in total. The van der Waals surface area contributed by atoms with Gasteiger partial charge in [-0.2, -0.15) is 8.42 Å². The van der Waals surface area contributed by atoms with Crippen molar-refractivity contribution in [1.82, 2.24) is 0 Å². The van der Waals surface area contributed by atoms with Gasteiger partial charge in [-0.1, -0.05) is 60.2 Å². The predicted octanol–water partition coefficient (Wildman–Crippen LogP) is 4.67. The molecule has 4 heteroatoms.